The van der Waals surface area contributed by atoms with Crippen LogP contribution in [0.5, 0.6) is 11.5 Å². The highest BCUT2D eigenvalue weighted by molar-refractivity contribution is 5.97. The highest BCUT2D eigenvalue weighted by Gasteiger charge is 2.43. The third-order valence-electron chi connectivity index (χ3n) is 10.1. The molecule has 49 heavy (non-hydrogen) atoms. The Morgan fingerprint density at radius 1 is 0.510 bits per heavy atom. The Morgan fingerprint density at radius 3 is 1.82 bits per heavy atom. The molecule has 3 heteroatoms. The minimum atomic E-state index is -0.265. The van der Waals surface area contributed by atoms with Gasteiger partial charge in [-0.25, -0.2) is 0 Å². The Hall–Kier alpha value is -6.06. The first-order chi connectivity index (χ1) is 24.0. The Kier molecular flexibility index (Phi) is 6.70. The van der Waals surface area contributed by atoms with Gasteiger partial charge in [0, 0.05) is 22.5 Å². The number of anilines is 6. The Morgan fingerprint density at radius 2 is 1.08 bits per heavy atom. The molecular formula is C46H36N2O. The van der Waals surface area contributed by atoms with Crippen LogP contribution >= 0.6 is 0 Å². The van der Waals surface area contributed by atoms with E-state index in [1.54, 1.807) is 0 Å². The van der Waals surface area contributed by atoms with Crippen molar-refractivity contribution >= 4 is 34.1 Å². The second-order valence-electron chi connectivity index (χ2n) is 13.5. The highest BCUT2D eigenvalue weighted by Crippen LogP contribution is 2.61. The molecule has 0 unspecified atom stereocenters. The largest absolute Gasteiger partial charge is 0.453 e. The van der Waals surface area contributed by atoms with Crippen molar-refractivity contribution in [2.45, 2.75) is 26.2 Å². The van der Waals surface area contributed by atoms with E-state index < -0.39 is 0 Å². The maximum absolute atomic E-state index is 6.53. The first kappa shape index (κ1) is 29.1. The number of hydrogen-bond acceptors (Lipinski definition) is 3. The summed E-state index contributed by atoms with van der Waals surface area (Å²) in [4.78, 5) is 4.76. The highest BCUT2D eigenvalue weighted by atomic mass is 16.5. The molecule has 2 aliphatic rings. The summed E-state index contributed by atoms with van der Waals surface area (Å²) >= 11 is 0. The van der Waals surface area contributed by atoms with Gasteiger partial charge in [0.05, 0.1) is 17.1 Å². The maximum Gasteiger partial charge on any atom is 0.151 e. The van der Waals surface area contributed by atoms with Crippen LogP contribution in [0.2, 0.25) is 0 Å². The van der Waals surface area contributed by atoms with Crippen LogP contribution in [0.25, 0.3) is 22.3 Å². The van der Waals surface area contributed by atoms with Crippen LogP contribution in [-0.4, -0.2) is 0 Å². The number of fused-ring (bicyclic) bond motifs is 4. The van der Waals surface area contributed by atoms with E-state index in [9.17, 15) is 0 Å². The van der Waals surface area contributed by atoms with Gasteiger partial charge in [0.25, 0.3) is 0 Å². The summed E-state index contributed by atoms with van der Waals surface area (Å²) in [6, 6.07) is 58.6. The predicted octanol–water partition coefficient (Wildman–Crippen LogP) is 13.0. The maximum atomic E-state index is 6.53. The molecule has 0 spiro atoms. The van der Waals surface area contributed by atoms with Crippen molar-refractivity contribution in [3.8, 4) is 33.8 Å². The number of hydrogen-bond donors (Lipinski definition) is 0. The van der Waals surface area contributed by atoms with E-state index in [1.165, 1.54) is 44.6 Å². The average molecular weight is 633 g/mol. The van der Waals surface area contributed by atoms with Gasteiger partial charge < -0.3 is 14.5 Å². The molecule has 7 aromatic rings. The Bertz CT molecular complexity index is 2320. The van der Waals surface area contributed by atoms with Gasteiger partial charge in [-0.1, -0.05) is 117 Å². The van der Waals surface area contributed by atoms with Crippen molar-refractivity contribution in [1.29, 1.82) is 0 Å². The van der Waals surface area contributed by atoms with E-state index in [-0.39, 0.29) is 5.41 Å². The zero-order valence-electron chi connectivity index (χ0n) is 27.9. The number of rotatable bonds is 5. The molecule has 0 aromatic heterocycles. The van der Waals surface area contributed by atoms with Crippen molar-refractivity contribution in [2.24, 2.45) is 0 Å². The number of aryl methyl sites for hydroxylation is 1. The summed E-state index contributed by atoms with van der Waals surface area (Å²) in [5, 5.41) is 0. The minimum Gasteiger partial charge on any atom is -0.453 e. The fraction of sp³-hybridized carbons (Fsp3) is 0.0870. The lowest BCUT2D eigenvalue weighted by molar-refractivity contribution is 0.471. The van der Waals surface area contributed by atoms with E-state index in [0.717, 1.165) is 39.9 Å². The number of para-hydroxylation sites is 4. The summed E-state index contributed by atoms with van der Waals surface area (Å²) in [6.07, 6.45) is 0. The molecule has 0 aliphatic carbocycles. The second-order valence-corrected chi connectivity index (χ2v) is 13.5. The van der Waals surface area contributed by atoms with Crippen LogP contribution in [-0.2, 0) is 5.41 Å². The third-order valence-corrected chi connectivity index (χ3v) is 10.1. The molecule has 3 nitrogen and oxygen atoms in total. The number of ether oxygens (including phenoxy) is 1. The molecule has 2 heterocycles. The van der Waals surface area contributed by atoms with Crippen molar-refractivity contribution in [2.75, 3.05) is 9.80 Å². The molecule has 0 atom stereocenters. The van der Waals surface area contributed by atoms with Gasteiger partial charge in [-0.2, -0.15) is 0 Å². The first-order valence-electron chi connectivity index (χ1n) is 16.9. The van der Waals surface area contributed by atoms with Crippen LogP contribution in [0, 0.1) is 6.92 Å². The van der Waals surface area contributed by atoms with Crippen LogP contribution in [0.15, 0.2) is 164 Å². The predicted molar refractivity (Wildman–Crippen MR) is 204 cm³/mol. The van der Waals surface area contributed by atoms with Crippen molar-refractivity contribution < 1.29 is 4.74 Å². The fourth-order valence-electron chi connectivity index (χ4n) is 7.86. The third kappa shape index (κ3) is 4.65. The Balaban J connectivity index is 1.18. The smallest absolute Gasteiger partial charge is 0.151 e. The van der Waals surface area contributed by atoms with Gasteiger partial charge in [0.15, 0.2) is 11.5 Å². The normalized spacial score (nSPS) is 13.5. The van der Waals surface area contributed by atoms with E-state index in [1.807, 2.05) is 0 Å². The molecule has 0 saturated heterocycles. The van der Waals surface area contributed by atoms with Crippen LogP contribution < -0.4 is 14.5 Å². The lowest BCUT2D eigenvalue weighted by atomic mass is 9.70. The Labute approximate surface area is 288 Å². The number of benzene rings is 7. The molecule has 0 fully saturated rings. The fourth-order valence-corrected chi connectivity index (χ4v) is 7.86. The van der Waals surface area contributed by atoms with Gasteiger partial charge in [-0.05, 0) is 107 Å². The van der Waals surface area contributed by atoms with Crippen molar-refractivity contribution in [3.05, 3.63) is 180 Å². The number of nitrogens with zero attached hydrogens (tertiary/aromatic N) is 2. The molecule has 0 radical (unpaired) electrons. The summed E-state index contributed by atoms with van der Waals surface area (Å²) in [5.41, 5.74) is 15.1. The molecular weight excluding hydrogens is 597 g/mol. The summed E-state index contributed by atoms with van der Waals surface area (Å²) in [7, 11) is 0. The van der Waals surface area contributed by atoms with E-state index in [2.05, 4.69) is 194 Å². The van der Waals surface area contributed by atoms with Gasteiger partial charge in [-0.15, -0.1) is 0 Å². The van der Waals surface area contributed by atoms with E-state index in [4.69, 9.17) is 4.74 Å². The van der Waals surface area contributed by atoms with Crippen LogP contribution in [0.3, 0.4) is 0 Å². The summed E-state index contributed by atoms with van der Waals surface area (Å²) in [5.74, 6) is 1.80. The van der Waals surface area contributed by atoms with E-state index in [0.29, 0.717) is 0 Å². The van der Waals surface area contributed by atoms with Gasteiger partial charge >= 0.3 is 0 Å². The molecule has 0 N–H and O–H groups in total. The molecule has 0 amide bonds. The molecule has 7 aromatic carbocycles. The molecule has 0 saturated carbocycles. The first-order valence-corrected chi connectivity index (χ1v) is 16.9. The molecule has 0 bridgehead atoms. The van der Waals surface area contributed by atoms with Crippen LogP contribution in [0.4, 0.5) is 34.1 Å². The van der Waals surface area contributed by atoms with Crippen LogP contribution in [0.1, 0.15) is 30.5 Å². The SMILES string of the molecule is Cc1cccc2c1N1c3cccc(-c4cccc(-c5cccc(N(c6ccccc6)c6ccccc6)c5)c4)c3C(C)(C)c3cccc(c31)O2. The van der Waals surface area contributed by atoms with Gasteiger partial charge in [0.2, 0.25) is 0 Å². The summed E-state index contributed by atoms with van der Waals surface area (Å²) < 4.78 is 6.53. The minimum absolute atomic E-state index is 0.265. The zero-order chi connectivity index (χ0) is 33.1. The van der Waals surface area contributed by atoms with Gasteiger partial charge in [0.1, 0.15) is 0 Å². The molecule has 236 valence electrons. The standard InChI is InChI=1S/C46H36N2O/c1-31-15-10-27-41-44(31)48-40-26-13-24-38(43(40)46(2,3)39-25-14-28-42(49-41)45(39)48)34-18-11-16-32(29-34)33-17-12-23-37(30-33)47(35-19-6-4-7-20-35)36-21-8-5-9-22-36/h4-30H,1-3H3. The average Bonchev–Trinajstić information content (AvgIpc) is 3.14. The quantitative estimate of drug-likeness (QED) is 0.188. The molecule has 2 aliphatic heterocycles. The monoisotopic (exact) mass is 632 g/mol. The zero-order valence-corrected chi connectivity index (χ0v) is 27.9. The second kappa shape index (κ2) is 11.3. The van der Waals surface area contributed by atoms with Crippen molar-refractivity contribution in [1.82, 2.24) is 0 Å². The van der Waals surface area contributed by atoms with E-state index >= 15 is 0 Å². The van der Waals surface area contributed by atoms with Gasteiger partial charge in [-0.3, -0.25) is 0 Å². The summed E-state index contributed by atoms with van der Waals surface area (Å²) in [6.45, 7) is 6.88. The molecule has 9 rings (SSSR count). The lowest BCUT2D eigenvalue weighted by Crippen LogP contribution is -2.33. The topological polar surface area (TPSA) is 15.7 Å². The van der Waals surface area contributed by atoms with Crippen molar-refractivity contribution in [3.63, 3.8) is 0 Å². The lowest BCUT2D eigenvalue weighted by Gasteiger charge is -2.46.